The fraction of sp³-hybridized carbons (Fsp3) is 0.462. The molecule has 1 atom stereocenters. The SMILES string of the molecule is CNC(=O)CN(C)C(CN)c1ccccc1OC. The van der Waals surface area contributed by atoms with Crippen LogP contribution in [0, 0.1) is 0 Å². The highest BCUT2D eigenvalue weighted by atomic mass is 16.5. The molecule has 0 aromatic heterocycles. The summed E-state index contributed by atoms with van der Waals surface area (Å²) in [5, 5.41) is 2.60. The number of nitrogens with two attached hydrogens (primary N) is 1. The molecule has 0 aliphatic carbocycles. The van der Waals surface area contributed by atoms with Crippen LogP contribution in [0.3, 0.4) is 0 Å². The topological polar surface area (TPSA) is 67.6 Å². The van der Waals surface area contributed by atoms with Crippen LogP contribution in [-0.4, -0.2) is 45.1 Å². The first-order valence-electron chi connectivity index (χ1n) is 5.87. The van der Waals surface area contributed by atoms with Gasteiger partial charge in [0, 0.05) is 19.2 Å². The average molecular weight is 251 g/mol. The van der Waals surface area contributed by atoms with Crippen molar-refractivity contribution in [3.63, 3.8) is 0 Å². The van der Waals surface area contributed by atoms with E-state index < -0.39 is 0 Å². The van der Waals surface area contributed by atoms with Gasteiger partial charge in [0.1, 0.15) is 5.75 Å². The predicted octanol–water partition coefficient (Wildman–Crippen LogP) is 0.373. The lowest BCUT2D eigenvalue weighted by Gasteiger charge is -2.27. The van der Waals surface area contributed by atoms with Gasteiger partial charge in [-0.3, -0.25) is 9.69 Å². The zero-order chi connectivity index (χ0) is 13.5. The fourth-order valence-electron chi connectivity index (χ4n) is 1.90. The van der Waals surface area contributed by atoms with E-state index >= 15 is 0 Å². The molecule has 0 bridgehead atoms. The maximum Gasteiger partial charge on any atom is 0.233 e. The minimum absolute atomic E-state index is 0.0363. The highest BCUT2D eigenvalue weighted by Gasteiger charge is 2.20. The smallest absolute Gasteiger partial charge is 0.233 e. The largest absolute Gasteiger partial charge is 0.496 e. The lowest BCUT2D eigenvalue weighted by Crippen LogP contribution is -2.38. The molecule has 1 rings (SSSR count). The molecule has 3 N–H and O–H groups in total. The molecule has 1 aromatic rings. The van der Waals surface area contributed by atoms with Crippen LogP contribution >= 0.6 is 0 Å². The van der Waals surface area contributed by atoms with E-state index in [1.165, 1.54) is 0 Å². The Bertz CT molecular complexity index is 396. The number of likely N-dealkylation sites (N-methyl/N-ethyl adjacent to an activating group) is 2. The van der Waals surface area contributed by atoms with Gasteiger partial charge in [0.2, 0.25) is 5.91 Å². The van der Waals surface area contributed by atoms with Crippen molar-refractivity contribution in [2.75, 3.05) is 34.3 Å². The summed E-state index contributed by atoms with van der Waals surface area (Å²) < 4.78 is 5.33. The molecule has 18 heavy (non-hydrogen) atoms. The van der Waals surface area contributed by atoms with E-state index in [9.17, 15) is 4.79 Å². The van der Waals surface area contributed by atoms with Crippen molar-refractivity contribution in [1.29, 1.82) is 0 Å². The number of nitrogens with one attached hydrogen (secondary N) is 1. The number of carbonyl (C=O) groups excluding carboxylic acids is 1. The summed E-state index contributed by atoms with van der Waals surface area (Å²) in [7, 11) is 5.13. The molecule has 0 saturated heterocycles. The summed E-state index contributed by atoms with van der Waals surface area (Å²) >= 11 is 0. The van der Waals surface area contributed by atoms with Gasteiger partial charge in [0.05, 0.1) is 19.7 Å². The third-order valence-corrected chi connectivity index (χ3v) is 2.93. The Morgan fingerprint density at radius 1 is 1.50 bits per heavy atom. The number of carbonyl (C=O) groups is 1. The first kappa shape index (κ1) is 14.5. The van der Waals surface area contributed by atoms with Crippen LogP contribution in [-0.2, 0) is 4.79 Å². The zero-order valence-electron chi connectivity index (χ0n) is 11.1. The van der Waals surface area contributed by atoms with Crippen LogP contribution in [0.2, 0.25) is 0 Å². The molecule has 0 radical (unpaired) electrons. The van der Waals surface area contributed by atoms with Crippen LogP contribution < -0.4 is 15.8 Å². The summed E-state index contributed by atoms with van der Waals surface area (Å²) in [6.07, 6.45) is 0. The van der Waals surface area contributed by atoms with Crippen LogP contribution in [0.15, 0.2) is 24.3 Å². The van der Waals surface area contributed by atoms with E-state index in [0.717, 1.165) is 11.3 Å². The molecule has 0 saturated carbocycles. The van der Waals surface area contributed by atoms with Crippen LogP contribution in [0.25, 0.3) is 0 Å². The number of amides is 1. The van der Waals surface area contributed by atoms with Gasteiger partial charge >= 0.3 is 0 Å². The fourth-order valence-corrected chi connectivity index (χ4v) is 1.90. The van der Waals surface area contributed by atoms with Gasteiger partial charge in [-0.1, -0.05) is 18.2 Å². The molecule has 0 heterocycles. The highest BCUT2D eigenvalue weighted by Crippen LogP contribution is 2.27. The Labute approximate surface area is 108 Å². The van der Waals surface area contributed by atoms with Crippen molar-refractivity contribution >= 4 is 5.91 Å². The molecule has 0 aliphatic rings. The van der Waals surface area contributed by atoms with E-state index in [1.54, 1.807) is 14.2 Å². The Morgan fingerprint density at radius 2 is 2.17 bits per heavy atom. The van der Waals surface area contributed by atoms with Gasteiger partial charge in [-0.25, -0.2) is 0 Å². The number of ether oxygens (including phenoxy) is 1. The number of nitrogens with zero attached hydrogens (tertiary/aromatic N) is 1. The molecule has 1 unspecified atom stereocenters. The third-order valence-electron chi connectivity index (χ3n) is 2.93. The molecule has 5 nitrogen and oxygen atoms in total. The van der Waals surface area contributed by atoms with Crippen LogP contribution in [0.1, 0.15) is 11.6 Å². The number of benzene rings is 1. The lowest BCUT2D eigenvalue weighted by atomic mass is 10.0. The van der Waals surface area contributed by atoms with E-state index in [2.05, 4.69) is 5.32 Å². The van der Waals surface area contributed by atoms with Gasteiger partial charge in [0.15, 0.2) is 0 Å². The molecule has 1 amide bonds. The maximum atomic E-state index is 11.4. The maximum absolute atomic E-state index is 11.4. The van der Waals surface area contributed by atoms with Crippen molar-refractivity contribution in [2.24, 2.45) is 5.73 Å². The standard InChI is InChI=1S/C13H21N3O2/c1-15-13(17)9-16(2)11(8-14)10-6-4-5-7-12(10)18-3/h4-7,11H,8-9,14H2,1-3H3,(H,15,17). The van der Waals surface area contributed by atoms with Gasteiger partial charge in [0.25, 0.3) is 0 Å². The third kappa shape index (κ3) is 3.45. The van der Waals surface area contributed by atoms with Crippen LogP contribution in [0.5, 0.6) is 5.75 Å². The van der Waals surface area contributed by atoms with Crippen molar-refractivity contribution in [1.82, 2.24) is 10.2 Å². The van der Waals surface area contributed by atoms with E-state index in [-0.39, 0.29) is 11.9 Å². The summed E-state index contributed by atoms with van der Waals surface area (Å²) in [6, 6.07) is 7.67. The Kier molecular flexibility index (Phi) is 5.61. The highest BCUT2D eigenvalue weighted by molar-refractivity contribution is 5.77. The van der Waals surface area contributed by atoms with Crippen molar-refractivity contribution in [3.8, 4) is 5.75 Å². The van der Waals surface area contributed by atoms with Crippen LogP contribution in [0.4, 0.5) is 0 Å². The molecular formula is C13H21N3O2. The summed E-state index contributed by atoms with van der Waals surface area (Å²) in [5.41, 5.74) is 6.81. The van der Waals surface area contributed by atoms with Gasteiger partial charge in [-0.15, -0.1) is 0 Å². The predicted molar refractivity (Wildman–Crippen MR) is 71.5 cm³/mol. The molecule has 5 heteroatoms. The average Bonchev–Trinajstić information content (AvgIpc) is 2.40. The minimum Gasteiger partial charge on any atom is -0.496 e. The molecule has 0 fully saturated rings. The Morgan fingerprint density at radius 3 is 2.72 bits per heavy atom. The monoisotopic (exact) mass is 251 g/mol. The summed E-state index contributed by atoms with van der Waals surface area (Å²) in [4.78, 5) is 13.3. The van der Waals surface area contributed by atoms with E-state index in [0.29, 0.717) is 13.1 Å². The first-order chi connectivity index (χ1) is 8.63. The Hall–Kier alpha value is -1.59. The minimum atomic E-state index is -0.0431. The van der Waals surface area contributed by atoms with E-state index in [4.69, 9.17) is 10.5 Å². The number of hydrogen-bond acceptors (Lipinski definition) is 4. The van der Waals surface area contributed by atoms with Crippen molar-refractivity contribution in [3.05, 3.63) is 29.8 Å². The molecule has 0 spiro atoms. The van der Waals surface area contributed by atoms with Gasteiger partial charge < -0.3 is 15.8 Å². The second kappa shape index (κ2) is 6.98. The molecule has 0 aliphatic heterocycles. The second-order valence-corrected chi connectivity index (χ2v) is 4.08. The number of methoxy groups -OCH3 is 1. The van der Waals surface area contributed by atoms with Crippen molar-refractivity contribution < 1.29 is 9.53 Å². The van der Waals surface area contributed by atoms with E-state index in [1.807, 2.05) is 36.2 Å². The number of rotatable bonds is 6. The quantitative estimate of drug-likeness (QED) is 0.766. The number of para-hydroxylation sites is 1. The number of hydrogen-bond donors (Lipinski definition) is 2. The van der Waals surface area contributed by atoms with Crippen molar-refractivity contribution in [2.45, 2.75) is 6.04 Å². The lowest BCUT2D eigenvalue weighted by molar-refractivity contribution is -0.121. The summed E-state index contributed by atoms with van der Waals surface area (Å²) in [5.74, 6) is 0.752. The summed E-state index contributed by atoms with van der Waals surface area (Å²) in [6.45, 7) is 0.726. The Balaban J connectivity index is 2.91. The van der Waals surface area contributed by atoms with Gasteiger partial charge in [-0.05, 0) is 13.1 Å². The zero-order valence-corrected chi connectivity index (χ0v) is 11.1. The van der Waals surface area contributed by atoms with Gasteiger partial charge in [-0.2, -0.15) is 0 Å². The normalized spacial score (nSPS) is 12.3. The molecule has 1 aromatic carbocycles. The molecular weight excluding hydrogens is 230 g/mol. The molecule has 100 valence electrons. The first-order valence-corrected chi connectivity index (χ1v) is 5.87. The second-order valence-electron chi connectivity index (χ2n) is 4.08.